The van der Waals surface area contributed by atoms with Gasteiger partial charge in [0.2, 0.25) is 0 Å². The Kier molecular flexibility index (Phi) is 4.55. The molecular weight excluding hydrogens is 280 g/mol. The van der Waals surface area contributed by atoms with E-state index >= 15 is 0 Å². The summed E-state index contributed by atoms with van der Waals surface area (Å²) in [5.74, 6) is 0.596. The van der Waals surface area contributed by atoms with Gasteiger partial charge in [0.1, 0.15) is 17.9 Å². The quantitative estimate of drug-likeness (QED) is 0.810. The summed E-state index contributed by atoms with van der Waals surface area (Å²) in [6, 6.07) is 0. The zero-order chi connectivity index (χ0) is 14.8. The Morgan fingerprint density at radius 1 is 0.909 bits per heavy atom. The molecule has 0 aliphatic heterocycles. The molecule has 126 valence electrons. The molecule has 0 aromatic heterocycles. The molecule has 4 nitrogen and oxygen atoms in total. The Hall–Kier alpha value is -1.03. The molecular formula is C18H30O4. The van der Waals surface area contributed by atoms with E-state index in [2.05, 4.69) is 0 Å². The molecule has 0 unspecified atom stereocenters. The number of aliphatic hydroxyl groups excluding tert-OH is 1. The van der Waals surface area contributed by atoms with Crippen molar-refractivity contribution in [2.75, 3.05) is 6.61 Å². The summed E-state index contributed by atoms with van der Waals surface area (Å²) in [6.45, 7) is 3.58. The van der Waals surface area contributed by atoms with Crippen LogP contribution in [-0.4, -0.2) is 29.6 Å². The van der Waals surface area contributed by atoms with E-state index in [1.54, 1.807) is 13.8 Å². The second-order valence-electron chi connectivity index (χ2n) is 7.87. The van der Waals surface area contributed by atoms with Crippen LogP contribution in [0, 0.1) is 21.7 Å². The summed E-state index contributed by atoms with van der Waals surface area (Å²) in [6.07, 6.45) is 6.37. The fourth-order valence-corrected chi connectivity index (χ4v) is 4.90. The van der Waals surface area contributed by atoms with Crippen molar-refractivity contribution in [3.8, 4) is 0 Å². The first-order chi connectivity index (χ1) is 9.25. The number of ketones is 2. The molecule has 0 saturated heterocycles. The molecule has 0 radical (unpaired) electrons. The lowest BCUT2D eigenvalue weighted by Gasteiger charge is -2.69. The number of aldehydes is 1. The zero-order valence-corrected chi connectivity index (χ0v) is 12.2. The minimum absolute atomic E-state index is 0. The maximum Gasteiger partial charge on any atom is 0.136 e. The van der Waals surface area contributed by atoms with Gasteiger partial charge in [-0.1, -0.05) is 14.9 Å². The van der Waals surface area contributed by atoms with Crippen LogP contribution in [-0.2, 0) is 14.4 Å². The summed E-state index contributed by atoms with van der Waals surface area (Å²) in [5, 5.41) is 8.87. The van der Waals surface area contributed by atoms with Gasteiger partial charge in [0, 0.05) is 22.9 Å². The van der Waals surface area contributed by atoms with Crippen LogP contribution >= 0.6 is 0 Å². The van der Waals surface area contributed by atoms with E-state index in [9.17, 15) is 14.4 Å². The number of Topliss-reactive ketones (excluding diaryl/α,β-unsaturated/α-hetero) is 2. The molecule has 0 amide bonds. The zero-order valence-electron chi connectivity index (χ0n) is 12.2. The van der Waals surface area contributed by atoms with Gasteiger partial charge >= 0.3 is 0 Å². The highest BCUT2D eigenvalue weighted by Gasteiger charge is 2.70. The van der Waals surface area contributed by atoms with E-state index in [0.29, 0.717) is 5.78 Å². The predicted molar refractivity (Wildman–Crippen MR) is 85.4 cm³/mol. The third kappa shape index (κ3) is 2.18. The summed E-state index contributed by atoms with van der Waals surface area (Å²) in [7, 11) is 0. The highest BCUT2D eigenvalue weighted by molar-refractivity contribution is 5.90. The second-order valence-corrected chi connectivity index (χ2v) is 7.87. The van der Waals surface area contributed by atoms with Crippen LogP contribution in [0.4, 0.5) is 0 Å². The van der Waals surface area contributed by atoms with Crippen LogP contribution < -0.4 is 0 Å². The summed E-state index contributed by atoms with van der Waals surface area (Å²) in [5.41, 5.74) is 0.126. The Morgan fingerprint density at radius 2 is 1.27 bits per heavy atom. The first kappa shape index (κ1) is 19.0. The van der Waals surface area contributed by atoms with Crippen LogP contribution in [0.1, 0.15) is 67.2 Å². The molecule has 0 aromatic rings. The average Bonchev–Trinajstić information content (AvgIpc) is 2.10. The highest BCUT2D eigenvalue weighted by atomic mass is 16.3. The maximum atomic E-state index is 11.0. The molecule has 0 aromatic carbocycles. The van der Waals surface area contributed by atoms with E-state index in [-0.39, 0.29) is 48.9 Å². The first-order valence-corrected chi connectivity index (χ1v) is 7.35. The molecule has 0 heterocycles. The molecule has 4 heteroatoms. The Labute approximate surface area is 133 Å². The van der Waals surface area contributed by atoms with E-state index in [0.717, 1.165) is 44.8 Å². The van der Waals surface area contributed by atoms with Gasteiger partial charge in [-0.2, -0.15) is 0 Å². The number of carbonyl (C=O) groups is 3. The molecule has 6 saturated carbocycles. The van der Waals surface area contributed by atoms with Crippen molar-refractivity contribution >= 4 is 17.9 Å². The van der Waals surface area contributed by atoms with E-state index in [1.807, 2.05) is 0 Å². The highest BCUT2D eigenvalue weighted by Crippen LogP contribution is 2.73. The SMILES string of the molecule is C.C.CC(=O)C12CC(C=O)(C1)C2.CC(=O)C12CC(CO)(C1)C2. The number of carbonyl (C=O) groups excluding carboxylic acids is 3. The molecule has 6 rings (SSSR count). The monoisotopic (exact) mass is 310 g/mol. The fourth-order valence-electron chi connectivity index (χ4n) is 4.90. The van der Waals surface area contributed by atoms with E-state index < -0.39 is 0 Å². The second kappa shape index (κ2) is 5.26. The molecule has 6 fully saturated rings. The molecule has 22 heavy (non-hydrogen) atoms. The Bertz CT molecular complexity index is 466. The minimum atomic E-state index is -0.0499. The van der Waals surface area contributed by atoms with Crippen LogP contribution in [0.3, 0.4) is 0 Å². The van der Waals surface area contributed by atoms with Crippen LogP contribution in [0.25, 0.3) is 0 Å². The third-order valence-corrected chi connectivity index (χ3v) is 6.29. The number of aliphatic hydroxyl groups is 1. The Balaban J connectivity index is 0.000000202. The van der Waals surface area contributed by atoms with Gasteiger partial charge in [-0.3, -0.25) is 9.59 Å². The molecule has 4 bridgehead atoms. The van der Waals surface area contributed by atoms with Crippen molar-refractivity contribution in [2.24, 2.45) is 21.7 Å². The topological polar surface area (TPSA) is 71.4 Å². The average molecular weight is 310 g/mol. The summed E-state index contributed by atoms with van der Waals surface area (Å²) >= 11 is 0. The number of hydrogen-bond donors (Lipinski definition) is 1. The molecule has 1 N–H and O–H groups in total. The number of hydrogen-bond acceptors (Lipinski definition) is 4. The van der Waals surface area contributed by atoms with Crippen molar-refractivity contribution in [1.29, 1.82) is 0 Å². The lowest BCUT2D eigenvalue weighted by Crippen LogP contribution is -2.66. The minimum Gasteiger partial charge on any atom is -0.396 e. The van der Waals surface area contributed by atoms with Gasteiger partial charge in [-0.15, -0.1) is 0 Å². The summed E-state index contributed by atoms with van der Waals surface area (Å²) in [4.78, 5) is 32.3. The number of rotatable bonds is 4. The smallest absolute Gasteiger partial charge is 0.136 e. The largest absolute Gasteiger partial charge is 0.396 e. The molecule has 6 aliphatic carbocycles. The van der Waals surface area contributed by atoms with Gasteiger partial charge in [-0.05, 0) is 57.8 Å². The van der Waals surface area contributed by atoms with Gasteiger partial charge in [0.15, 0.2) is 0 Å². The lowest BCUT2D eigenvalue weighted by molar-refractivity contribution is -0.216. The van der Waals surface area contributed by atoms with Gasteiger partial charge in [0.25, 0.3) is 0 Å². The van der Waals surface area contributed by atoms with Gasteiger partial charge < -0.3 is 9.90 Å². The first-order valence-electron chi connectivity index (χ1n) is 7.35. The Morgan fingerprint density at radius 3 is 1.55 bits per heavy atom. The van der Waals surface area contributed by atoms with Crippen LogP contribution in [0.5, 0.6) is 0 Å². The van der Waals surface area contributed by atoms with Crippen LogP contribution in [0.15, 0.2) is 0 Å². The molecule has 0 spiro atoms. The van der Waals surface area contributed by atoms with Crippen molar-refractivity contribution in [3.63, 3.8) is 0 Å². The van der Waals surface area contributed by atoms with Crippen molar-refractivity contribution < 1.29 is 19.5 Å². The third-order valence-electron chi connectivity index (χ3n) is 6.29. The summed E-state index contributed by atoms with van der Waals surface area (Å²) < 4.78 is 0. The normalized spacial score (nSPS) is 44.7. The standard InChI is InChI=1S/C8H12O2.C8H10O2.2CH4/c2*1-6(10)8-2-7(3-8,4-8)5-9;;/h9H,2-5H2,1H3;5H,2-4H2,1H3;2*1H4. The van der Waals surface area contributed by atoms with Gasteiger partial charge in [-0.25, -0.2) is 0 Å². The predicted octanol–water partition coefficient (Wildman–Crippen LogP) is 2.95. The van der Waals surface area contributed by atoms with Gasteiger partial charge in [0.05, 0.1) is 0 Å². The van der Waals surface area contributed by atoms with E-state index in [4.69, 9.17) is 5.11 Å². The van der Waals surface area contributed by atoms with E-state index in [1.165, 1.54) is 0 Å². The van der Waals surface area contributed by atoms with Crippen molar-refractivity contribution in [2.45, 2.75) is 67.2 Å². The lowest BCUT2D eigenvalue weighted by atomic mass is 9.34. The fraction of sp³-hybridized carbons (Fsp3) is 0.833. The van der Waals surface area contributed by atoms with Crippen molar-refractivity contribution in [3.05, 3.63) is 0 Å². The van der Waals surface area contributed by atoms with Crippen LogP contribution in [0.2, 0.25) is 0 Å². The van der Waals surface area contributed by atoms with Crippen molar-refractivity contribution in [1.82, 2.24) is 0 Å². The maximum absolute atomic E-state index is 11.0. The molecule has 6 aliphatic rings. The molecule has 0 atom stereocenters.